The summed E-state index contributed by atoms with van der Waals surface area (Å²) in [4.78, 5) is 25.3. The van der Waals surface area contributed by atoms with E-state index in [9.17, 15) is 4.79 Å². The normalized spacial score (nSPS) is 15.8. The molecule has 0 bridgehead atoms. The summed E-state index contributed by atoms with van der Waals surface area (Å²) in [6, 6.07) is 27.3. The minimum atomic E-state index is 0.249. The molecule has 1 saturated heterocycles. The molecule has 0 unspecified atom stereocenters. The van der Waals surface area contributed by atoms with Gasteiger partial charge in [-0.25, -0.2) is 4.99 Å². The highest BCUT2D eigenvalue weighted by Gasteiger charge is 2.24. The molecule has 4 aromatic rings. The number of piperazine rings is 1. The van der Waals surface area contributed by atoms with Crippen LogP contribution in [0.4, 0.5) is 0 Å². The van der Waals surface area contributed by atoms with Crippen LogP contribution < -0.4 is 0 Å². The van der Waals surface area contributed by atoms with E-state index in [1.165, 1.54) is 16.7 Å². The number of benzene rings is 3. The minimum Gasteiger partial charge on any atom is -0.352 e. The van der Waals surface area contributed by atoms with Crippen molar-refractivity contribution < 1.29 is 4.79 Å². The second-order valence-corrected chi connectivity index (χ2v) is 12.6. The van der Waals surface area contributed by atoms with E-state index in [1.54, 1.807) is 0 Å². The van der Waals surface area contributed by atoms with Gasteiger partial charge in [-0.2, -0.15) is 5.21 Å². The van der Waals surface area contributed by atoms with Crippen LogP contribution in [0.1, 0.15) is 57.1 Å². The van der Waals surface area contributed by atoms with Crippen LogP contribution in [-0.4, -0.2) is 86.3 Å². The van der Waals surface area contributed by atoms with Crippen molar-refractivity contribution in [3.8, 4) is 22.5 Å². The lowest BCUT2D eigenvalue weighted by Gasteiger charge is -2.35. The molecular formula is C39H46N8O. The third kappa shape index (κ3) is 8.52. The number of rotatable bonds is 13. The Morgan fingerprint density at radius 2 is 1.65 bits per heavy atom. The van der Waals surface area contributed by atoms with Gasteiger partial charge in [0.2, 0.25) is 11.7 Å². The molecule has 0 atom stereocenters. The summed E-state index contributed by atoms with van der Waals surface area (Å²) in [6.45, 7) is 10.2. The predicted molar refractivity (Wildman–Crippen MR) is 193 cm³/mol. The number of tetrazole rings is 1. The molecule has 1 fully saturated rings. The monoisotopic (exact) mass is 642 g/mol. The first-order valence-corrected chi connectivity index (χ1v) is 17.2. The van der Waals surface area contributed by atoms with Crippen LogP contribution in [0.3, 0.4) is 0 Å². The van der Waals surface area contributed by atoms with Crippen molar-refractivity contribution in [2.75, 3.05) is 39.3 Å². The minimum absolute atomic E-state index is 0.249. The molecule has 9 heteroatoms. The second-order valence-electron chi connectivity index (χ2n) is 12.6. The zero-order valence-corrected chi connectivity index (χ0v) is 28.2. The number of allylic oxidation sites excluding steroid dienone is 1. The molecule has 0 radical (unpaired) electrons. The van der Waals surface area contributed by atoms with Crippen LogP contribution in [0.5, 0.6) is 0 Å². The number of carbonyl (C=O) groups excluding carboxylic acids is 1. The first kappa shape index (κ1) is 33.0. The fraction of sp³-hybridized carbons (Fsp3) is 0.359. The zero-order chi connectivity index (χ0) is 33.1. The summed E-state index contributed by atoms with van der Waals surface area (Å²) in [5.74, 6) is 1.98. The van der Waals surface area contributed by atoms with Gasteiger partial charge in [0.25, 0.3) is 0 Å². The number of nitrogens with zero attached hydrogens (tertiary/aromatic N) is 7. The lowest BCUT2D eigenvalue weighted by atomic mass is 9.98. The van der Waals surface area contributed by atoms with Crippen LogP contribution in [0.15, 0.2) is 101 Å². The van der Waals surface area contributed by atoms with Crippen LogP contribution in [-0.2, 0) is 11.3 Å². The second kappa shape index (κ2) is 16.3. The Bertz CT molecular complexity index is 1720. The highest BCUT2D eigenvalue weighted by Crippen LogP contribution is 2.30. The van der Waals surface area contributed by atoms with E-state index < -0.39 is 0 Å². The maximum atomic E-state index is 13.3. The molecule has 0 saturated carbocycles. The van der Waals surface area contributed by atoms with Crippen molar-refractivity contribution in [1.29, 1.82) is 0 Å². The van der Waals surface area contributed by atoms with Gasteiger partial charge in [0.05, 0.1) is 0 Å². The van der Waals surface area contributed by atoms with E-state index in [0.29, 0.717) is 12.2 Å². The summed E-state index contributed by atoms with van der Waals surface area (Å²) in [5.41, 5.74) is 7.91. The van der Waals surface area contributed by atoms with Gasteiger partial charge in [-0.1, -0.05) is 104 Å². The smallest absolute Gasteiger partial charge is 0.222 e. The van der Waals surface area contributed by atoms with E-state index in [0.717, 1.165) is 99.7 Å². The van der Waals surface area contributed by atoms with Crippen molar-refractivity contribution in [2.45, 2.75) is 52.5 Å². The summed E-state index contributed by atoms with van der Waals surface area (Å²) in [6.07, 6.45) is 8.86. The average Bonchev–Trinajstić information content (AvgIpc) is 3.67. The zero-order valence-electron chi connectivity index (χ0n) is 28.2. The predicted octanol–water partition coefficient (Wildman–Crippen LogP) is 6.85. The van der Waals surface area contributed by atoms with E-state index in [-0.39, 0.29) is 5.91 Å². The van der Waals surface area contributed by atoms with Crippen LogP contribution in [0.25, 0.3) is 28.6 Å². The third-order valence-electron chi connectivity index (χ3n) is 9.30. The van der Waals surface area contributed by atoms with Crippen molar-refractivity contribution in [1.82, 2.24) is 35.3 Å². The number of amides is 1. The number of hydrogen-bond acceptors (Lipinski definition) is 7. The number of carbonyl (C=O) groups is 1. The number of aromatic amines is 1. The molecule has 9 nitrogen and oxygen atoms in total. The van der Waals surface area contributed by atoms with Gasteiger partial charge in [-0.05, 0) is 52.8 Å². The maximum absolute atomic E-state index is 13.3. The van der Waals surface area contributed by atoms with Crippen LogP contribution in [0.2, 0.25) is 0 Å². The molecule has 3 aromatic carbocycles. The summed E-state index contributed by atoms with van der Waals surface area (Å²) in [7, 11) is 0. The first-order valence-electron chi connectivity index (χ1n) is 17.2. The number of aliphatic imine (C=N–C) groups is 1. The molecule has 48 heavy (non-hydrogen) atoms. The van der Waals surface area contributed by atoms with Crippen LogP contribution in [0, 0.1) is 0 Å². The molecule has 3 heterocycles. The molecule has 2 aliphatic rings. The SMILES string of the molecule is CCCCC1=NC(C)=C(CCC(=O)N2CCN(C/C=C/c3ccccc3)CC2)CN1Cc1ccc(-c2ccccc2-c2nn[nH]n2)cc1. The highest BCUT2D eigenvalue weighted by molar-refractivity contribution is 5.85. The molecule has 1 aromatic heterocycles. The largest absolute Gasteiger partial charge is 0.352 e. The molecule has 1 amide bonds. The van der Waals surface area contributed by atoms with Crippen molar-refractivity contribution in [3.63, 3.8) is 0 Å². The van der Waals surface area contributed by atoms with Gasteiger partial charge in [-0.3, -0.25) is 9.69 Å². The summed E-state index contributed by atoms with van der Waals surface area (Å²) >= 11 is 0. The topological polar surface area (TPSA) is 93.6 Å². The van der Waals surface area contributed by atoms with Gasteiger partial charge >= 0.3 is 0 Å². The lowest BCUT2D eigenvalue weighted by Crippen LogP contribution is -2.48. The molecule has 0 spiro atoms. The van der Waals surface area contributed by atoms with Crippen LogP contribution >= 0.6 is 0 Å². The fourth-order valence-corrected chi connectivity index (χ4v) is 6.45. The van der Waals surface area contributed by atoms with Gasteiger partial charge in [0.15, 0.2) is 0 Å². The van der Waals surface area contributed by atoms with Gasteiger partial charge in [0.1, 0.15) is 5.84 Å². The number of aromatic nitrogens is 4. The Labute approximate surface area is 284 Å². The Morgan fingerprint density at radius 3 is 2.38 bits per heavy atom. The van der Waals surface area contributed by atoms with E-state index in [4.69, 9.17) is 4.99 Å². The molecule has 0 aliphatic carbocycles. The Kier molecular flexibility index (Phi) is 11.2. The Morgan fingerprint density at radius 1 is 0.896 bits per heavy atom. The molecule has 2 aliphatic heterocycles. The molecule has 6 rings (SSSR count). The van der Waals surface area contributed by atoms with E-state index in [2.05, 4.69) is 111 Å². The van der Waals surface area contributed by atoms with Gasteiger partial charge in [0, 0.05) is 69.9 Å². The van der Waals surface area contributed by atoms with Gasteiger partial charge in [-0.15, -0.1) is 10.2 Å². The number of amidine groups is 1. The Balaban J connectivity index is 1.04. The highest BCUT2D eigenvalue weighted by atomic mass is 16.2. The Hall–Kier alpha value is -4.89. The lowest BCUT2D eigenvalue weighted by molar-refractivity contribution is -0.132. The van der Waals surface area contributed by atoms with Crippen molar-refractivity contribution in [3.05, 3.63) is 107 Å². The number of unbranched alkanes of at least 4 members (excludes halogenated alkanes) is 1. The van der Waals surface area contributed by atoms with E-state index in [1.807, 2.05) is 29.2 Å². The van der Waals surface area contributed by atoms with Crippen molar-refractivity contribution >= 4 is 17.8 Å². The summed E-state index contributed by atoms with van der Waals surface area (Å²) < 4.78 is 0. The average molecular weight is 643 g/mol. The molecular weight excluding hydrogens is 596 g/mol. The quantitative estimate of drug-likeness (QED) is 0.172. The standard InChI is InChI=1S/C39H46N8O/c1-3-4-16-37-40-30(2)34(21-22-38(48)46-26-24-45(25-27-46)23-10-13-31-11-6-5-7-12-31)29-47(37)28-32-17-19-33(20-18-32)35-14-8-9-15-36(35)39-41-43-44-42-39/h5-15,17-20H,3-4,16,21-29H2,1-2H3,(H,41,42,43,44)/b13-10+. The third-order valence-corrected chi connectivity index (χ3v) is 9.30. The number of nitrogens with one attached hydrogen (secondary N) is 1. The molecule has 1 N–H and O–H groups in total. The van der Waals surface area contributed by atoms with E-state index >= 15 is 0 Å². The number of H-pyrrole nitrogens is 1. The number of hydrogen-bond donors (Lipinski definition) is 1. The molecule has 248 valence electrons. The van der Waals surface area contributed by atoms with Crippen molar-refractivity contribution in [2.24, 2.45) is 4.99 Å². The summed E-state index contributed by atoms with van der Waals surface area (Å²) in [5, 5.41) is 14.7. The maximum Gasteiger partial charge on any atom is 0.222 e. The first-order chi connectivity index (χ1) is 23.6. The fourth-order valence-electron chi connectivity index (χ4n) is 6.45. The van der Waals surface area contributed by atoms with Gasteiger partial charge < -0.3 is 9.80 Å².